The van der Waals surface area contributed by atoms with E-state index in [-0.39, 0.29) is 12.4 Å². The maximum Gasteiger partial charge on any atom is 0.178 e. The SMILES string of the molecule is C=NOCCCS(=O)(=O)c1ccccc1. The van der Waals surface area contributed by atoms with Crippen molar-refractivity contribution in [3.05, 3.63) is 30.3 Å². The van der Waals surface area contributed by atoms with E-state index in [0.29, 0.717) is 11.3 Å². The number of hydrogen-bond donors (Lipinski definition) is 0. The zero-order valence-corrected chi connectivity index (χ0v) is 9.11. The van der Waals surface area contributed by atoms with E-state index in [1.54, 1.807) is 30.3 Å². The molecule has 0 heterocycles. The average molecular weight is 227 g/mol. The van der Waals surface area contributed by atoms with Gasteiger partial charge in [-0.1, -0.05) is 18.2 Å². The smallest absolute Gasteiger partial charge is 0.178 e. The van der Waals surface area contributed by atoms with Gasteiger partial charge in [-0.05, 0) is 18.6 Å². The Balaban J connectivity index is 2.57. The van der Waals surface area contributed by atoms with Gasteiger partial charge < -0.3 is 4.84 Å². The molecule has 0 amide bonds. The second kappa shape index (κ2) is 5.50. The van der Waals surface area contributed by atoms with Crippen LogP contribution in [0.3, 0.4) is 0 Å². The first kappa shape index (κ1) is 11.7. The Hall–Kier alpha value is -1.36. The summed E-state index contributed by atoms with van der Waals surface area (Å²) in [4.78, 5) is 4.96. The van der Waals surface area contributed by atoms with Crippen LogP contribution in [-0.2, 0) is 14.7 Å². The fourth-order valence-corrected chi connectivity index (χ4v) is 2.43. The van der Waals surface area contributed by atoms with Crippen molar-refractivity contribution in [2.45, 2.75) is 11.3 Å². The topological polar surface area (TPSA) is 55.7 Å². The summed E-state index contributed by atoms with van der Waals surface area (Å²) in [6.07, 6.45) is 0.413. The molecule has 1 rings (SSSR count). The summed E-state index contributed by atoms with van der Waals surface area (Å²) in [7, 11) is -3.18. The molecular formula is C10H13NO3S. The fraction of sp³-hybridized carbons (Fsp3) is 0.300. The molecule has 82 valence electrons. The van der Waals surface area contributed by atoms with E-state index in [9.17, 15) is 8.42 Å². The lowest BCUT2D eigenvalue weighted by Crippen LogP contribution is -2.08. The van der Waals surface area contributed by atoms with Gasteiger partial charge in [-0.25, -0.2) is 8.42 Å². The molecule has 0 N–H and O–H groups in total. The van der Waals surface area contributed by atoms with E-state index in [4.69, 9.17) is 0 Å². The molecule has 0 aliphatic carbocycles. The number of nitrogens with zero attached hydrogens (tertiary/aromatic N) is 1. The lowest BCUT2D eigenvalue weighted by Gasteiger charge is -2.03. The molecular weight excluding hydrogens is 214 g/mol. The summed E-state index contributed by atoms with van der Waals surface area (Å²) in [5.41, 5.74) is 0. The first-order valence-corrected chi connectivity index (χ1v) is 6.18. The Morgan fingerprint density at radius 1 is 1.27 bits per heavy atom. The highest BCUT2D eigenvalue weighted by atomic mass is 32.2. The van der Waals surface area contributed by atoms with Crippen molar-refractivity contribution in [2.75, 3.05) is 12.4 Å². The van der Waals surface area contributed by atoms with E-state index < -0.39 is 9.84 Å². The quantitative estimate of drug-likeness (QED) is 0.420. The molecule has 0 bridgehead atoms. The Morgan fingerprint density at radius 2 is 1.93 bits per heavy atom. The highest BCUT2D eigenvalue weighted by molar-refractivity contribution is 7.91. The Bertz CT molecular complexity index is 400. The third-order valence-electron chi connectivity index (χ3n) is 1.84. The molecule has 0 radical (unpaired) electrons. The molecule has 5 heteroatoms. The van der Waals surface area contributed by atoms with Gasteiger partial charge >= 0.3 is 0 Å². The number of benzene rings is 1. The minimum atomic E-state index is -3.18. The molecule has 0 aliphatic rings. The minimum absolute atomic E-state index is 0.0620. The molecule has 0 aromatic heterocycles. The van der Waals surface area contributed by atoms with Crippen molar-refractivity contribution in [2.24, 2.45) is 5.16 Å². The van der Waals surface area contributed by atoms with Gasteiger partial charge in [0.05, 0.1) is 10.6 Å². The second-order valence-corrected chi connectivity index (χ2v) is 5.06. The molecule has 0 spiro atoms. The average Bonchev–Trinajstić information content (AvgIpc) is 2.26. The predicted molar refractivity (Wildman–Crippen MR) is 58.6 cm³/mol. The van der Waals surface area contributed by atoms with E-state index >= 15 is 0 Å². The van der Waals surface area contributed by atoms with E-state index in [0.717, 1.165) is 0 Å². The van der Waals surface area contributed by atoms with Gasteiger partial charge in [0.15, 0.2) is 9.84 Å². The standard InChI is InChI=1S/C10H13NO3S/c1-11-14-8-5-9-15(12,13)10-6-3-2-4-7-10/h2-4,6-7H,1,5,8-9H2. The first-order chi connectivity index (χ1) is 7.17. The third-order valence-corrected chi connectivity index (χ3v) is 3.66. The summed E-state index contributed by atoms with van der Waals surface area (Å²) in [5, 5.41) is 3.18. The Labute approximate surface area is 89.5 Å². The van der Waals surface area contributed by atoms with Crippen LogP contribution in [0.15, 0.2) is 40.4 Å². The molecule has 4 nitrogen and oxygen atoms in total. The summed E-state index contributed by atoms with van der Waals surface area (Å²) in [6.45, 7) is 3.40. The molecule has 1 aromatic rings. The molecule has 1 aromatic carbocycles. The van der Waals surface area contributed by atoms with Crippen LogP contribution in [0.25, 0.3) is 0 Å². The molecule has 0 fully saturated rings. The largest absolute Gasteiger partial charge is 0.396 e. The van der Waals surface area contributed by atoms with Crippen LogP contribution >= 0.6 is 0 Å². The van der Waals surface area contributed by atoms with Crippen molar-refractivity contribution >= 4 is 16.6 Å². The molecule has 0 unspecified atom stereocenters. The zero-order chi connectivity index (χ0) is 11.1. The monoisotopic (exact) mass is 227 g/mol. The minimum Gasteiger partial charge on any atom is -0.396 e. The van der Waals surface area contributed by atoms with Gasteiger partial charge in [0.1, 0.15) is 6.61 Å². The highest BCUT2D eigenvalue weighted by Crippen LogP contribution is 2.10. The number of rotatable bonds is 6. The van der Waals surface area contributed by atoms with Crippen molar-refractivity contribution in [1.82, 2.24) is 0 Å². The van der Waals surface area contributed by atoms with Crippen LogP contribution in [0.1, 0.15) is 6.42 Å². The third kappa shape index (κ3) is 3.71. The van der Waals surface area contributed by atoms with Crippen LogP contribution in [-0.4, -0.2) is 27.5 Å². The van der Waals surface area contributed by atoms with E-state index in [2.05, 4.69) is 16.7 Å². The van der Waals surface area contributed by atoms with Crippen LogP contribution in [0.5, 0.6) is 0 Å². The van der Waals surface area contributed by atoms with Gasteiger partial charge in [-0.2, -0.15) is 0 Å². The number of hydrogen-bond acceptors (Lipinski definition) is 4. The van der Waals surface area contributed by atoms with Gasteiger partial charge in [-0.3, -0.25) is 0 Å². The Morgan fingerprint density at radius 3 is 2.53 bits per heavy atom. The Kier molecular flexibility index (Phi) is 4.30. The highest BCUT2D eigenvalue weighted by Gasteiger charge is 2.12. The van der Waals surface area contributed by atoms with Crippen LogP contribution in [0.4, 0.5) is 0 Å². The van der Waals surface area contributed by atoms with Crippen LogP contribution in [0.2, 0.25) is 0 Å². The van der Waals surface area contributed by atoms with Crippen molar-refractivity contribution < 1.29 is 13.3 Å². The fourth-order valence-electron chi connectivity index (χ4n) is 1.12. The van der Waals surface area contributed by atoms with E-state index in [1.165, 1.54) is 0 Å². The zero-order valence-electron chi connectivity index (χ0n) is 8.30. The van der Waals surface area contributed by atoms with Crippen molar-refractivity contribution in [1.29, 1.82) is 0 Å². The normalized spacial score (nSPS) is 10.9. The number of sulfone groups is 1. The predicted octanol–water partition coefficient (Wildman–Crippen LogP) is 1.48. The maximum absolute atomic E-state index is 11.7. The molecule has 0 aliphatic heterocycles. The van der Waals surface area contributed by atoms with Gasteiger partial charge in [-0.15, -0.1) is 5.16 Å². The lowest BCUT2D eigenvalue weighted by atomic mass is 10.4. The summed E-state index contributed by atoms with van der Waals surface area (Å²) in [5.74, 6) is 0.0620. The summed E-state index contributed by atoms with van der Waals surface area (Å²) >= 11 is 0. The van der Waals surface area contributed by atoms with Crippen LogP contribution in [0, 0.1) is 0 Å². The van der Waals surface area contributed by atoms with Crippen molar-refractivity contribution in [3.8, 4) is 0 Å². The number of oxime groups is 1. The van der Waals surface area contributed by atoms with E-state index in [1.807, 2.05) is 0 Å². The first-order valence-electron chi connectivity index (χ1n) is 4.52. The summed E-state index contributed by atoms with van der Waals surface area (Å²) < 4.78 is 23.4. The lowest BCUT2D eigenvalue weighted by molar-refractivity contribution is 0.148. The second-order valence-electron chi connectivity index (χ2n) is 2.95. The molecule has 0 atom stereocenters. The maximum atomic E-state index is 11.7. The molecule has 0 saturated carbocycles. The van der Waals surface area contributed by atoms with Gasteiger partial charge in [0, 0.05) is 6.72 Å². The van der Waals surface area contributed by atoms with Gasteiger partial charge in [0.25, 0.3) is 0 Å². The summed E-state index contributed by atoms with van der Waals surface area (Å²) in [6, 6.07) is 8.36. The van der Waals surface area contributed by atoms with Crippen molar-refractivity contribution in [3.63, 3.8) is 0 Å². The molecule has 15 heavy (non-hydrogen) atoms. The van der Waals surface area contributed by atoms with Gasteiger partial charge in [0.2, 0.25) is 0 Å². The van der Waals surface area contributed by atoms with Crippen LogP contribution < -0.4 is 0 Å². The molecule has 0 saturated heterocycles.